The number of rotatable bonds is 4. The van der Waals surface area contributed by atoms with E-state index in [1.54, 1.807) is 7.11 Å². The van der Waals surface area contributed by atoms with Gasteiger partial charge in [-0.2, -0.15) is 0 Å². The third kappa shape index (κ3) is 3.73. The minimum atomic E-state index is 0.754. The molecule has 5 heteroatoms. The van der Waals surface area contributed by atoms with Gasteiger partial charge in [0.05, 0.1) is 12.8 Å². The van der Waals surface area contributed by atoms with Crippen LogP contribution in [0.25, 0.3) is 0 Å². The van der Waals surface area contributed by atoms with Gasteiger partial charge in [-0.15, -0.1) is 0 Å². The van der Waals surface area contributed by atoms with Gasteiger partial charge in [-0.3, -0.25) is 14.8 Å². The topological polar surface area (TPSA) is 40.6 Å². The van der Waals surface area contributed by atoms with Gasteiger partial charge in [-0.25, -0.2) is 0 Å². The molecule has 1 aromatic heterocycles. The fraction of sp³-hybridized carbons (Fsp3) is 0.688. The van der Waals surface area contributed by atoms with E-state index in [0.29, 0.717) is 0 Å². The van der Waals surface area contributed by atoms with E-state index in [2.05, 4.69) is 26.2 Å². The zero-order valence-electron chi connectivity index (χ0n) is 13.1. The van der Waals surface area contributed by atoms with Crippen LogP contribution in [0, 0.1) is 6.92 Å². The van der Waals surface area contributed by atoms with E-state index in [1.165, 1.54) is 26.1 Å². The summed E-state index contributed by atoms with van der Waals surface area (Å²) in [5.74, 6) is 0.910. The van der Waals surface area contributed by atoms with Crippen LogP contribution in [-0.4, -0.2) is 67.2 Å². The van der Waals surface area contributed by atoms with Crippen LogP contribution in [-0.2, 0) is 6.54 Å². The molecule has 2 aliphatic heterocycles. The van der Waals surface area contributed by atoms with Gasteiger partial charge in [0.15, 0.2) is 0 Å². The average Bonchev–Trinajstić information content (AvgIpc) is 3.01. The molecule has 0 aliphatic carbocycles. The second kappa shape index (κ2) is 6.73. The Balaban J connectivity index is 1.54. The minimum Gasteiger partial charge on any atom is -0.497 e. The molecule has 1 N–H and O–H groups in total. The molecule has 21 heavy (non-hydrogen) atoms. The quantitative estimate of drug-likeness (QED) is 0.891. The van der Waals surface area contributed by atoms with Crippen LogP contribution in [0.1, 0.15) is 17.8 Å². The Bertz CT molecular complexity index is 465. The summed E-state index contributed by atoms with van der Waals surface area (Å²) < 4.78 is 5.34. The Kier molecular flexibility index (Phi) is 4.73. The fourth-order valence-corrected chi connectivity index (χ4v) is 3.37. The molecule has 1 aromatic rings. The molecule has 0 saturated carbocycles. The Morgan fingerprint density at radius 1 is 1.29 bits per heavy atom. The number of hydrogen-bond donors (Lipinski definition) is 1. The lowest BCUT2D eigenvalue weighted by Crippen LogP contribution is -2.50. The monoisotopic (exact) mass is 290 g/mol. The molecular weight excluding hydrogens is 264 g/mol. The summed E-state index contributed by atoms with van der Waals surface area (Å²) >= 11 is 0. The summed E-state index contributed by atoms with van der Waals surface area (Å²) in [5.41, 5.74) is 2.14. The predicted octanol–water partition coefficient (Wildman–Crippen LogP) is 0.878. The normalized spacial score (nSPS) is 24.4. The molecule has 1 unspecified atom stereocenters. The second-order valence-corrected chi connectivity index (χ2v) is 6.10. The van der Waals surface area contributed by atoms with Crippen molar-refractivity contribution in [3.8, 4) is 5.75 Å². The van der Waals surface area contributed by atoms with Gasteiger partial charge in [0.2, 0.25) is 0 Å². The first-order chi connectivity index (χ1) is 10.2. The van der Waals surface area contributed by atoms with Crippen LogP contribution in [0.4, 0.5) is 0 Å². The first-order valence-electron chi connectivity index (χ1n) is 7.93. The highest BCUT2D eigenvalue weighted by molar-refractivity contribution is 5.26. The van der Waals surface area contributed by atoms with E-state index in [0.717, 1.165) is 49.4 Å². The van der Waals surface area contributed by atoms with Crippen LogP contribution >= 0.6 is 0 Å². The van der Waals surface area contributed by atoms with E-state index >= 15 is 0 Å². The van der Waals surface area contributed by atoms with Crippen LogP contribution in [0.2, 0.25) is 0 Å². The maximum atomic E-state index is 5.34. The number of aromatic nitrogens is 1. The largest absolute Gasteiger partial charge is 0.497 e. The molecule has 116 valence electrons. The van der Waals surface area contributed by atoms with Gasteiger partial charge in [-0.05, 0) is 19.9 Å². The van der Waals surface area contributed by atoms with Gasteiger partial charge in [0.1, 0.15) is 5.75 Å². The van der Waals surface area contributed by atoms with Crippen LogP contribution in [0.3, 0.4) is 0 Å². The Labute approximate surface area is 127 Å². The predicted molar refractivity (Wildman–Crippen MR) is 83.7 cm³/mol. The van der Waals surface area contributed by atoms with E-state index < -0.39 is 0 Å². The number of piperazine rings is 1. The molecule has 1 atom stereocenters. The lowest BCUT2D eigenvalue weighted by atomic mass is 10.2. The zero-order valence-corrected chi connectivity index (χ0v) is 13.1. The van der Waals surface area contributed by atoms with Crippen LogP contribution in [0.15, 0.2) is 12.1 Å². The third-order valence-electron chi connectivity index (χ3n) is 4.56. The maximum absolute atomic E-state index is 5.34. The standard InChI is InChI=1S/C16H26N4O/c1-13-9-16(21-2)10-14(18-13)12-19-5-7-20(8-6-19)15-3-4-17-11-15/h9-10,15,17H,3-8,11-12H2,1-2H3. The SMILES string of the molecule is COc1cc(C)nc(CN2CCN(C3CCNC3)CC2)c1. The molecule has 3 rings (SSSR count). The lowest BCUT2D eigenvalue weighted by Gasteiger charge is -2.37. The smallest absolute Gasteiger partial charge is 0.122 e. The van der Waals surface area contributed by atoms with E-state index in [9.17, 15) is 0 Å². The Morgan fingerprint density at radius 2 is 2.10 bits per heavy atom. The molecule has 0 radical (unpaired) electrons. The zero-order chi connectivity index (χ0) is 14.7. The van der Waals surface area contributed by atoms with Crippen molar-refractivity contribution in [1.29, 1.82) is 0 Å². The number of aryl methyl sites for hydroxylation is 1. The molecule has 0 aromatic carbocycles. The van der Waals surface area contributed by atoms with Crippen molar-refractivity contribution in [3.63, 3.8) is 0 Å². The molecule has 0 bridgehead atoms. The summed E-state index contributed by atoms with van der Waals surface area (Å²) in [6, 6.07) is 4.79. The van der Waals surface area contributed by atoms with Crippen LogP contribution < -0.4 is 10.1 Å². The molecular formula is C16H26N4O. The molecule has 2 saturated heterocycles. The van der Waals surface area contributed by atoms with E-state index in [4.69, 9.17) is 4.74 Å². The fourth-order valence-electron chi connectivity index (χ4n) is 3.37. The maximum Gasteiger partial charge on any atom is 0.122 e. The number of hydrogen-bond acceptors (Lipinski definition) is 5. The second-order valence-electron chi connectivity index (χ2n) is 6.10. The van der Waals surface area contributed by atoms with E-state index in [1.807, 2.05) is 13.0 Å². The number of methoxy groups -OCH3 is 1. The number of nitrogens with zero attached hydrogens (tertiary/aromatic N) is 3. The Morgan fingerprint density at radius 3 is 2.76 bits per heavy atom. The molecule has 3 heterocycles. The molecule has 5 nitrogen and oxygen atoms in total. The van der Waals surface area contributed by atoms with Gasteiger partial charge in [0, 0.05) is 63.1 Å². The van der Waals surface area contributed by atoms with Crippen molar-refractivity contribution in [3.05, 3.63) is 23.5 Å². The minimum absolute atomic E-state index is 0.754. The highest BCUT2D eigenvalue weighted by Gasteiger charge is 2.26. The van der Waals surface area contributed by atoms with Crippen molar-refractivity contribution >= 4 is 0 Å². The highest BCUT2D eigenvalue weighted by Crippen LogP contribution is 2.17. The molecule has 2 aliphatic rings. The average molecular weight is 290 g/mol. The van der Waals surface area contributed by atoms with Crippen molar-refractivity contribution in [2.24, 2.45) is 0 Å². The molecule has 0 amide bonds. The first kappa shape index (κ1) is 14.8. The van der Waals surface area contributed by atoms with E-state index in [-0.39, 0.29) is 0 Å². The number of nitrogens with one attached hydrogen (secondary N) is 1. The third-order valence-corrected chi connectivity index (χ3v) is 4.56. The van der Waals surface area contributed by atoms with Gasteiger partial charge in [-0.1, -0.05) is 0 Å². The summed E-state index contributed by atoms with van der Waals surface area (Å²) in [5, 5.41) is 3.46. The summed E-state index contributed by atoms with van der Waals surface area (Å²) in [6.07, 6.45) is 1.30. The van der Waals surface area contributed by atoms with Gasteiger partial charge in [0.25, 0.3) is 0 Å². The van der Waals surface area contributed by atoms with Crippen LogP contribution in [0.5, 0.6) is 5.75 Å². The summed E-state index contributed by atoms with van der Waals surface area (Å²) in [4.78, 5) is 9.77. The van der Waals surface area contributed by atoms with Crippen molar-refractivity contribution in [1.82, 2.24) is 20.1 Å². The number of pyridine rings is 1. The van der Waals surface area contributed by atoms with Crippen molar-refractivity contribution in [2.45, 2.75) is 25.9 Å². The van der Waals surface area contributed by atoms with Gasteiger partial charge < -0.3 is 10.1 Å². The van der Waals surface area contributed by atoms with Gasteiger partial charge >= 0.3 is 0 Å². The first-order valence-corrected chi connectivity index (χ1v) is 7.93. The lowest BCUT2D eigenvalue weighted by molar-refractivity contribution is 0.0973. The molecule has 2 fully saturated rings. The summed E-state index contributed by atoms with van der Waals surface area (Å²) in [7, 11) is 1.72. The number of ether oxygens (including phenoxy) is 1. The van der Waals surface area contributed by atoms with Crippen molar-refractivity contribution in [2.75, 3.05) is 46.4 Å². The summed E-state index contributed by atoms with van der Waals surface area (Å²) in [6.45, 7) is 9.91. The molecule has 0 spiro atoms. The highest BCUT2D eigenvalue weighted by atomic mass is 16.5. The van der Waals surface area contributed by atoms with Crippen molar-refractivity contribution < 1.29 is 4.74 Å². The Hall–Kier alpha value is -1.17.